The SMILES string of the molecule is CC(C)COc1cccc(NC(=O)c2ccc(Cl)nc2)c1. The molecule has 0 unspecified atom stereocenters. The smallest absolute Gasteiger partial charge is 0.257 e. The largest absolute Gasteiger partial charge is 0.493 e. The Bertz CT molecular complexity index is 612. The van der Waals surface area contributed by atoms with E-state index in [0.29, 0.717) is 28.9 Å². The van der Waals surface area contributed by atoms with Gasteiger partial charge in [0, 0.05) is 18.0 Å². The van der Waals surface area contributed by atoms with Gasteiger partial charge in [0.15, 0.2) is 0 Å². The number of amides is 1. The monoisotopic (exact) mass is 304 g/mol. The maximum atomic E-state index is 12.1. The summed E-state index contributed by atoms with van der Waals surface area (Å²) in [6, 6.07) is 10.5. The maximum absolute atomic E-state index is 12.1. The van der Waals surface area contributed by atoms with E-state index in [1.807, 2.05) is 18.2 Å². The van der Waals surface area contributed by atoms with Gasteiger partial charge < -0.3 is 10.1 Å². The summed E-state index contributed by atoms with van der Waals surface area (Å²) < 4.78 is 5.63. The third-order valence-corrected chi connectivity index (χ3v) is 2.89. The number of hydrogen-bond acceptors (Lipinski definition) is 3. The van der Waals surface area contributed by atoms with E-state index in [0.717, 1.165) is 5.75 Å². The minimum atomic E-state index is -0.236. The molecular formula is C16H17ClN2O2. The Labute approximate surface area is 129 Å². The van der Waals surface area contributed by atoms with Crippen LogP contribution in [0.4, 0.5) is 5.69 Å². The molecule has 0 bridgehead atoms. The second-order valence-corrected chi connectivity index (χ2v) is 5.44. The van der Waals surface area contributed by atoms with Crippen molar-refractivity contribution in [1.29, 1.82) is 0 Å². The zero-order valence-corrected chi connectivity index (χ0v) is 12.7. The van der Waals surface area contributed by atoms with Crippen molar-refractivity contribution in [2.45, 2.75) is 13.8 Å². The van der Waals surface area contributed by atoms with E-state index in [-0.39, 0.29) is 5.91 Å². The molecule has 4 nitrogen and oxygen atoms in total. The summed E-state index contributed by atoms with van der Waals surface area (Å²) in [5.74, 6) is 0.944. The van der Waals surface area contributed by atoms with Gasteiger partial charge >= 0.3 is 0 Å². The number of ether oxygens (including phenoxy) is 1. The van der Waals surface area contributed by atoms with Crippen LogP contribution in [0.15, 0.2) is 42.6 Å². The van der Waals surface area contributed by atoms with E-state index in [1.54, 1.807) is 18.2 Å². The Kier molecular flexibility index (Phi) is 5.17. The van der Waals surface area contributed by atoms with E-state index in [1.165, 1.54) is 6.20 Å². The summed E-state index contributed by atoms with van der Waals surface area (Å²) in [6.45, 7) is 4.80. The lowest BCUT2D eigenvalue weighted by Gasteiger charge is -2.10. The van der Waals surface area contributed by atoms with Crippen molar-refractivity contribution in [1.82, 2.24) is 4.98 Å². The molecule has 1 aromatic carbocycles. The molecule has 2 rings (SSSR count). The molecule has 2 aromatic rings. The van der Waals surface area contributed by atoms with Gasteiger partial charge in [-0.3, -0.25) is 4.79 Å². The predicted molar refractivity (Wildman–Crippen MR) is 84.0 cm³/mol. The highest BCUT2D eigenvalue weighted by molar-refractivity contribution is 6.29. The molecular weight excluding hydrogens is 288 g/mol. The molecule has 0 saturated carbocycles. The van der Waals surface area contributed by atoms with Gasteiger partial charge in [-0.2, -0.15) is 0 Å². The van der Waals surface area contributed by atoms with Crippen molar-refractivity contribution in [3.63, 3.8) is 0 Å². The Balaban J connectivity index is 2.03. The number of carbonyl (C=O) groups is 1. The number of nitrogens with zero attached hydrogens (tertiary/aromatic N) is 1. The number of pyridine rings is 1. The molecule has 0 atom stereocenters. The Morgan fingerprint density at radius 1 is 1.33 bits per heavy atom. The molecule has 110 valence electrons. The van der Waals surface area contributed by atoms with Crippen molar-refractivity contribution >= 4 is 23.2 Å². The van der Waals surface area contributed by atoms with Gasteiger partial charge in [-0.05, 0) is 30.2 Å². The molecule has 0 aliphatic heterocycles. The second-order valence-electron chi connectivity index (χ2n) is 5.06. The van der Waals surface area contributed by atoms with Crippen LogP contribution in [0, 0.1) is 5.92 Å². The van der Waals surface area contributed by atoms with Crippen LogP contribution < -0.4 is 10.1 Å². The first-order chi connectivity index (χ1) is 10.0. The zero-order chi connectivity index (χ0) is 15.2. The first-order valence-corrected chi connectivity index (χ1v) is 7.08. The molecule has 0 spiro atoms. The van der Waals surface area contributed by atoms with Crippen molar-refractivity contribution in [2.24, 2.45) is 5.92 Å². The van der Waals surface area contributed by atoms with Crippen LogP contribution in [0.5, 0.6) is 5.75 Å². The molecule has 0 saturated heterocycles. The summed E-state index contributed by atoms with van der Waals surface area (Å²) in [5, 5.41) is 3.16. The average molecular weight is 305 g/mol. The molecule has 1 aromatic heterocycles. The second kappa shape index (κ2) is 7.09. The topological polar surface area (TPSA) is 51.2 Å². The van der Waals surface area contributed by atoms with Crippen LogP contribution >= 0.6 is 11.6 Å². The van der Waals surface area contributed by atoms with Crippen molar-refractivity contribution in [3.05, 3.63) is 53.3 Å². The first-order valence-electron chi connectivity index (χ1n) is 6.70. The Hall–Kier alpha value is -2.07. The molecule has 21 heavy (non-hydrogen) atoms. The van der Waals surface area contributed by atoms with Crippen LogP contribution in [-0.2, 0) is 0 Å². The average Bonchev–Trinajstić information content (AvgIpc) is 2.46. The maximum Gasteiger partial charge on any atom is 0.257 e. The molecule has 0 aliphatic rings. The number of anilines is 1. The third kappa shape index (κ3) is 4.76. The lowest BCUT2D eigenvalue weighted by molar-refractivity contribution is 0.102. The lowest BCUT2D eigenvalue weighted by Crippen LogP contribution is -2.12. The first kappa shape index (κ1) is 15.3. The van der Waals surface area contributed by atoms with Crippen LogP contribution in [0.3, 0.4) is 0 Å². The molecule has 0 fully saturated rings. The van der Waals surface area contributed by atoms with Crippen LogP contribution in [0.1, 0.15) is 24.2 Å². The number of hydrogen-bond donors (Lipinski definition) is 1. The third-order valence-electron chi connectivity index (χ3n) is 2.66. The highest BCUT2D eigenvalue weighted by atomic mass is 35.5. The summed E-state index contributed by atoms with van der Waals surface area (Å²) in [4.78, 5) is 16.0. The van der Waals surface area contributed by atoms with Gasteiger partial charge in [0.25, 0.3) is 5.91 Å². The van der Waals surface area contributed by atoms with Gasteiger partial charge in [-0.25, -0.2) is 4.98 Å². The number of benzene rings is 1. The van der Waals surface area contributed by atoms with E-state index < -0.39 is 0 Å². The van der Waals surface area contributed by atoms with Gasteiger partial charge in [0.1, 0.15) is 10.9 Å². The van der Waals surface area contributed by atoms with Crippen molar-refractivity contribution in [3.8, 4) is 5.75 Å². The molecule has 0 radical (unpaired) electrons. The van der Waals surface area contributed by atoms with Crippen molar-refractivity contribution < 1.29 is 9.53 Å². The van der Waals surface area contributed by atoms with Gasteiger partial charge in [0.2, 0.25) is 0 Å². The highest BCUT2D eigenvalue weighted by Gasteiger charge is 2.07. The lowest BCUT2D eigenvalue weighted by atomic mass is 10.2. The molecule has 1 N–H and O–H groups in total. The minimum absolute atomic E-state index is 0.236. The zero-order valence-electron chi connectivity index (χ0n) is 12.0. The van der Waals surface area contributed by atoms with Crippen LogP contribution in [0.25, 0.3) is 0 Å². The van der Waals surface area contributed by atoms with E-state index in [2.05, 4.69) is 24.1 Å². The molecule has 0 aliphatic carbocycles. The summed E-state index contributed by atoms with van der Waals surface area (Å²) >= 11 is 5.70. The number of carbonyl (C=O) groups excluding carboxylic acids is 1. The summed E-state index contributed by atoms with van der Waals surface area (Å²) in [5.41, 5.74) is 1.13. The quantitative estimate of drug-likeness (QED) is 0.849. The predicted octanol–water partition coefficient (Wildman–Crippen LogP) is 4.02. The Morgan fingerprint density at radius 2 is 2.14 bits per heavy atom. The molecule has 5 heteroatoms. The standard InChI is InChI=1S/C16H17ClN2O2/c1-11(2)10-21-14-5-3-4-13(8-14)19-16(20)12-6-7-15(17)18-9-12/h3-9,11H,10H2,1-2H3,(H,19,20). The van der Waals surface area contributed by atoms with Gasteiger partial charge in [-0.1, -0.05) is 31.5 Å². The van der Waals surface area contributed by atoms with Gasteiger partial charge in [0.05, 0.1) is 12.2 Å². The summed E-state index contributed by atoms with van der Waals surface area (Å²) in [7, 11) is 0. The highest BCUT2D eigenvalue weighted by Crippen LogP contribution is 2.19. The fraction of sp³-hybridized carbons (Fsp3) is 0.250. The van der Waals surface area contributed by atoms with Crippen LogP contribution in [0.2, 0.25) is 5.15 Å². The fourth-order valence-electron chi connectivity index (χ4n) is 1.64. The van der Waals surface area contributed by atoms with E-state index in [9.17, 15) is 4.79 Å². The molecule has 1 heterocycles. The Morgan fingerprint density at radius 3 is 2.81 bits per heavy atom. The number of halogens is 1. The van der Waals surface area contributed by atoms with Gasteiger partial charge in [-0.15, -0.1) is 0 Å². The van der Waals surface area contributed by atoms with E-state index in [4.69, 9.17) is 16.3 Å². The molecule has 1 amide bonds. The minimum Gasteiger partial charge on any atom is -0.493 e. The van der Waals surface area contributed by atoms with Crippen LogP contribution in [-0.4, -0.2) is 17.5 Å². The number of nitrogens with one attached hydrogen (secondary N) is 1. The number of rotatable bonds is 5. The fourth-order valence-corrected chi connectivity index (χ4v) is 1.75. The normalized spacial score (nSPS) is 10.5. The van der Waals surface area contributed by atoms with E-state index >= 15 is 0 Å². The summed E-state index contributed by atoms with van der Waals surface area (Å²) in [6.07, 6.45) is 1.44. The number of aromatic nitrogens is 1. The van der Waals surface area contributed by atoms with Crippen molar-refractivity contribution in [2.75, 3.05) is 11.9 Å².